The number of pyridine rings is 1. The van der Waals surface area contributed by atoms with Gasteiger partial charge in [0.25, 0.3) is 0 Å². The third kappa shape index (κ3) is 1.20. The monoisotopic (exact) mass is 161 g/mol. The molecular formula is C10H11NO. The summed E-state index contributed by atoms with van der Waals surface area (Å²) in [5.74, 6) is 0.453. The van der Waals surface area contributed by atoms with E-state index in [1.807, 2.05) is 18.3 Å². The lowest BCUT2D eigenvalue weighted by Gasteiger charge is -2.14. The molecule has 0 N–H and O–H groups in total. The standard InChI is InChI=1S/C10H11NO/c1-8-4-6-12-10(8)9-3-2-5-11-7-9/h2-8,10H,1H3/t8-,10-/m0/s1. The van der Waals surface area contributed by atoms with Gasteiger partial charge in [0.2, 0.25) is 0 Å². The van der Waals surface area contributed by atoms with Gasteiger partial charge in [0.05, 0.1) is 6.26 Å². The van der Waals surface area contributed by atoms with Crippen LogP contribution >= 0.6 is 0 Å². The van der Waals surface area contributed by atoms with Gasteiger partial charge in [-0.1, -0.05) is 13.0 Å². The molecule has 2 rings (SSSR count). The van der Waals surface area contributed by atoms with Crippen LogP contribution < -0.4 is 0 Å². The fraction of sp³-hybridized carbons (Fsp3) is 0.300. The molecule has 0 radical (unpaired) electrons. The van der Waals surface area contributed by atoms with Crippen LogP contribution in [0.15, 0.2) is 36.9 Å². The van der Waals surface area contributed by atoms with E-state index in [9.17, 15) is 0 Å². The number of rotatable bonds is 1. The quantitative estimate of drug-likeness (QED) is 0.630. The highest BCUT2D eigenvalue weighted by Crippen LogP contribution is 2.30. The average molecular weight is 161 g/mol. The van der Waals surface area contributed by atoms with Crippen molar-refractivity contribution in [1.29, 1.82) is 0 Å². The molecule has 0 fully saturated rings. The number of hydrogen-bond donors (Lipinski definition) is 0. The van der Waals surface area contributed by atoms with Crippen LogP contribution in [0.3, 0.4) is 0 Å². The van der Waals surface area contributed by atoms with Crippen LogP contribution in [0.4, 0.5) is 0 Å². The summed E-state index contributed by atoms with van der Waals surface area (Å²) in [4.78, 5) is 4.06. The average Bonchev–Trinajstić information content (AvgIpc) is 2.53. The largest absolute Gasteiger partial charge is 0.493 e. The van der Waals surface area contributed by atoms with Gasteiger partial charge in [-0.2, -0.15) is 0 Å². The summed E-state index contributed by atoms with van der Waals surface area (Å²) in [6.07, 6.45) is 7.63. The van der Waals surface area contributed by atoms with Gasteiger partial charge in [0, 0.05) is 23.9 Å². The lowest BCUT2D eigenvalue weighted by Crippen LogP contribution is -2.04. The van der Waals surface area contributed by atoms with E-state index in [1.54, 1.807) is 12.5 Å². The highest BCUT2D eigenvalue weighted by molar-refractivity contribution is 5.16. The number of hydrogen-bond acceptors (Lipinski definition) is 2. The van der Waals surface area contributed by atoms with Gasteiger partial charge >= 0.3 is 0 Å². The fourth-order valence-corrected chi connectivity index (χ4v) is 1.41. The van der Waals surface area contributed by atoms with Crippen molar-refractivity contribution in [3.63, 3.8) is 0 Å². The van der Waals surface area contributed by atoms with Crippen LogP contribution in [0.5, 0.6) is 0 Å². The molecule has 1 aliphatic rings. The van der Waals surface area contributed by atoms with Crippen LogP contribution in [0.2, 0.25) is 0 Å². The van der Waals surface area contributed by atoms with Crippen molar-refractivity contribution in [2.45, 2.75) is 13.0 Å². The number of ether oxygens (including phenoxy) is 1. The molecule has 62 valence electrons. The van der Waals surface area contributed by atoms with Crippen molar-refractivity contribution in [2.75, 3.05) is 0 Å². The highest BCUT2D eigenvalue weighted by atomic mass is 16.5. The SMILES string of the molecule is C[C@H]1C=CO[C@@H]1c1cccnc1. The zero-order chi connectivity index (χ0) is 8.39. The van der Waals surface area contributed by atoms with E-state index in [2.05, 4.69) is 18.0 Å². The van der Waals surface area contributed by atoms with E-state index in [4.69, 9.17) is 4.74 Å². The van der Waals surface area contributed by atoms with Crippen molar-refractivity contribution in [2.24, 2.45) is 5.92 Å². The minimum atomic E-state index is 0.165. The molecule has 0 saturated carbocycles. The third-order valence-corrected chi connectivity index (χ3v) is 2.10. The minimum Gasteiger partial charge on any atom is -0.493 e. The molecule has 2 heterocycles. The van der Waals surface area contributed by atoms with Gasteiger partial charge < -0.3 is 4.74 Å². The molecule has 1 aromatic rings. The van der Waals surface area contributed by atoms with Crippen molar-refractivity contribution in [3.05, 3.63) is 42.4 Å². The van der Waals surface area contributed by atoms with Crippen LogP contribution in [0, 0.1) is 5.92 Å². The van der Waals surface area contributed by atoms with Crippen LogP contribution in [-0.2, 0) is 4.74 Å². The van der Waals surface area contributed by atoms with Gasteiger partial charge in [-0.25, -0.2) is 0 Å². The van der Waals surface area contributed by atoms with Gasteiger partial charge in [0.15, 0.2) is 0 Å². The second-order valence-corrected chi connectivity index (χ2v) is 3.03. The zero-order valence-electron chi connectivity index (χ0n) is 6.97. The van der Waals surface area contributed by atoms with E-state index >= 15 is 0 Å². The first-order valence-corrected chi connectivity index (χ1v) is 4.10. The molecule has 1 aliphatic heterocycles. The second-order valence-electron chi connectivity index (χ2n) is 3.03. The Balaban J connectivity index is 2.22. The molecule has 12 heavy (non-hydrogen) atoms. The van der Waals surface area contributed by atoms with E-state index in [0.717, 1.165) is 5.56 Å². The summed E-state index contributed by atoms with van der Waals surface area (Å²) < 4.78 is 5.43. The molecule has 0 unspecified atom stereocenters. The Morgan fingerprint density at radius 1 is 1.50 bits per heavy atom. The van der Waals surface area contributed by atoms with E-state index < -0.39 is 0 Å². The van der Waals surface area contributed by atoms with Crippen molar-refractivity contribution < 1.29 is 4.74 Å². The maximum Gasteiger partial charge on any atom is 0.130 e. The summed E-state index contributed by atoms with van der Waals surface area (Å²) >= 11 is 0. The molecule has 0 amide bonds. The minimum absolute atomic E-state index is 0.165. The maximum absolute atomic E-state index is 5.43. The van der Waals surface area contributed by atoms with Crippen molar-refractivity contribution in [3.8, 4) is 0 Å². The summed E-state index contributed by atoms with van der Waals surface area (Å²) in [5, 5.41) is 0. The Kier molecular flexibility index (Phi) is 1.82. The predicted molar refractivity (Wildman–Crippen MR) is 46.4 cm³/mol. The smallest absolute Gasteiger partial charge is 0.130 e. The normalized spacial score (nSPS) is 27.1. The number of aromatic nitrogens is 1. The Hall–Kier alpha value is -1.31. The Labute approximate surface area is 71.9 Å². The molecule has 0 spiro atoms. The lowest BCUT2D eigenvalue weighted by molar-refractivity contribution is 0.142. The predicted octanol–water partition coefficient (Wildman–Crippen LogP) is 2.30. The number of nitrogens with zero attached hydrogens (tertiary/aromatic N) is 1. The van der Waals surface area contributed by atoms with Gasteiger partial charge in [0.1, 0.15) is 6.10 Å². The molecule has 0 bridgehead atoms. The van der Waals surface area contributed by atoms with E-state index in [0.29, 0.717) is 5.92 Å². The highest BCUT2D eigenvalue weighted by Gasteiger charge is 2.21. The summed E-state index contributed by atoms with van der Waals surface area (Å²) in [5.41, 5.74) is 1.15. The maximum atomic E-state index is 5.43. The zero-order valence-corrected chi connectivity index (χ0v) is 6.97. The van der Waals surface area contributed by atoms with Gasteiger partial charge in [-0.05, 0) is 12.1 Å². The summed E-state index contributed by atoms with van der Waals surface area (Å²) in [6.45, 7) is 2.14. The van der Waals surface area contributed by atoms with Crippen LogP contribution in [0.1, 0.15) is 18.6 Å². The third-order valence-electron chi connectivity index (χ3n) is 2.10. The second kappa shape index (κ2) is 2.97. The Morgan fingerprint density at radius 2 is 2.42 bits per heavy atom. The van der Waals surface area contributed by atoms with Crippen molar-refractivity contribution >= 4 is 0 Å². The molecule has 2 heteroatoms. The van der Waals surface area contributed by atoms with E-state index in [1.165, 1.54) is 0 Å². The molecule has 0 aliphatic carbocycles. The van der Waals surface area contributed by atoms with Crippen molar-refractivity contribution in [1.82, 2.24) is 4.98 Å². The molecule has 1 aromatic heterocycles. The molecule has 2 atom stereocenters. The fourth-order valence-electron chi connectivity index (χ4n) is 1.41. The molecule has 2 nitrogen and oxygen atoms in total. The van der Waals surface area contributed by atoms with Crippen LogP contribution in [-0.4, -0.2) is 4.98 Å². The van der Waals surface area contributed by atoms with Gasteiger partial charge in [-0.15, -0.1) is 0 Å². The summed E-state index contributed by atoms with van der Waals surface area (Å²) in [6, 6.07) is 3.98. The van der Waals surface area contributed by atoms with Crippen LogP contribution in [0.25, 0.3) is 0 Å². The Bertz CT molecular complexity index is 281. The van der Waals surface area contributed by atoms with E-state index in [-0.39, 0.29) is 6.10 Å². The topological polar surface area (TPSA) is 22.1 Å². The molecule has 0 aromatic carbocycles. The Morgan fingerprint density at radius 3 is 3.00 bits per heavy atom. The first-order chi connectivity index (χ1) is 5.88. The first kappa shape index (κ1) is 7.35. The van der Waals surface area contributed by atoms with Gasteiger partial charge in [-0.3, -0.25) is 4.98 Å². The lowest BCUT2D eigenvalue weighted by atomic mass is 10.0. The molecular weight excluding hydrogens is 150 g/mol. The molecule has 0 saturated heterocycles. The summed E-state index contributed by atoms with van der Waals surface area (Å²) in [7, 11) is 0. The first-order valence-electron chi connectivity index (χ1n) is 4.10.